The summed E-state index contributed by atoms with van der Waals surface area (Å²) in [7, 11) is 1.91. The first-order valence-electron chi connectivity index (χ1n) is 5.61. The third-order valence-corrected chi connectivity index (χ3v) is 3.76. The van der Waals surface area contributed by atoms with E-state index in [1.165, 1.54) is 12.8 Å². The van der Waals surface area contributed by atoms with Gasteiger partial charge in [0.25, 0.3) is 0 Å². The molecule has 3 heteroatoms. The number of hydrogen-bond donors (Lipinski definition) is 0. The van der Waals surface area contributed by atoms with Crippen LogP contribution in [0.3, 0.4) is 0 Å². The number of carbonyl (C=O) groups excluding carboxylic acids is 1. The molecule has 2 heterocycles. The zero-order valence-electron chi connectivity index (χ0n) is 9.36. The van der Waals surface area contributed by atoms with Crippen molar-refractivity contribution in [2.45, 2.75) is 32.7 Å². The highest BCUT2D eigenvalue weighted by atomic mass is 16.2. The maximum atomic E-state index is 11.7. The van der Waals surface area contributed by atoms with Crippen molar-refractivity contribution in [1.29, 1.82) is 0 Å². The largest absolute Gasteiger partial charge is 0.326 e. The number of fused-ring (bicyclic) bond motifs is 1. The molecule has 0 aromatic heterocycles. The van der Waals surface area contributed by atoms with E-state index in [0.717, 1.165) is 24.9 Å². The van der Waals surface area contributed by atoms with E-state index < -0.39 is 0 Å². The first-order chi connectivity index (χ1) is 6.59. The van der Waals surface area contributed by atoms with Gasteiger partial charge in [-0.25, -0.2) is 4.79 Å². The van der Waals surface area contributed by atoms with E-state index in [-0.39, 0.29) is 6.03 Å². The second-order valence-electron chi connectivity index (χ2n) is 5.04. The van der Waals surface area contributed by atoms with E-state index >= 15 is 0 Å². The van der Waals surface area contributed by atoms with Crippen LogP contribution < -0.4 is 0 Å². The van der Waals surface area contributed by atoms with Gasteiger partial charge in [0.15, 0.2) is 0 Å². The minimum atomic E-state index is 0.234. The second kappa shape index (κ2) is 3.44. The van der Waals surface area contributed by atoms with Gasteiger partial charge < -0.3 is 9.80 Å². The van der Waals surface area contributed by atoms with Gasteiger partial charge in [-0.2, -0.15) is 0 Å². The Bertz CT molecular complexity index is 239. The molecule has 2 rings (SSSR count). The Hall–Kier alpha value is -0.730. The summed E-state index contributed by atoms with van der Waals surface area (Å²) in [6.07, 6.45) is 2.39. The summed E-state index contributed by atoms with van der Waals surface area (Å²) in [4.78, 5) is 15.6. The van der Waals surface area contributed by atoms with Gasteiger partial charge in [0.2, 0.25) is 0 Å². The Kier molecular flexibility index (Phi) is 2.41. The van der Waals surface area contributed by atoms with Crippen LogP contribution in [-0.2, 0) is 0 Å². The van der Waals surface area contributed by atoms with Gasteiger partial charge in [-0.15, -0.1) is 0 Å². The molecule has 80 valence electrons. The number of likely N-dealkylation sites (N-methyl/N-ethyl adjacent to an activating group) is 1. The van der Waals surface area contributed by atoms with Crippen molar-refractivity contribution in [3.8, 4) is 0 Å². The number of amides is 2. The van der Waals surface area contributed by atoms with Crippen molar-refractivity contribution in [3.63, 3.8) is 0 Å². The lowest BCUT2D eigenvalue weighted by Gasteiger charge is -2.35. The lowest BCUT2D eigenvalue weighted by Crippen LogP contribution is -2.42. The molecule has 3 nitrogen and oxygen atoms in total. The van der Waals surface area contributed by atoms with Crippen LogP contribution in [-0.4, -0.2) is 42.0 Å². The van der Waals surface area contributed by atoms with Crippen LogP contribution in [0, 0.1) is 11.8 Å². The Balaban J connectivity index is 2.03. The van der Waals surface area contributed by atoms with Crippen molar-refractivity contribution < 1.29 is 4.79 Å². The molecule has 0 aromatic carbocycles. The molecule has 2 unspecified atom stereocenters. The van der Waals surface area contributed by atoms with Crippen molar-refractivity contribution in [3.05, 3.63) is 0 Å². The monoisotopic (exact) mass is 196 g/mol. The zero-order chi connectivity index (χ0) is 10.3. The van der Waals surface area contributed by atoms with Crippen LogP contribution >= 0.6 is 0 Å². The van der Waals surface area contributed by atoms with E-state index in [9.17, 15) is 4.79 Å². The van der Waals surface area contributed by atoms with Crippen LogP contribution in [0.4, 0.5) is 4.79 Å². The number of urea groups is 1. The van der Waals surface area contributed by atoms with E-state index in [2.05, 4.69) is 18.7 Å². The van der Waals surface area contributed by atoms with Crippen molar-refractivity contribution >= 4 is 6.03 Å². The molecule has 2 aliphatic heterocycles. The fourth-order valence-corrected chi connectivity index (χ4v) is 2.73. The Labute approximate surface area is 86.1 Å². The number of piperidine rings is 1. The molecule has 0 N–H and O–H groups in total. The molecule has 2 atom stereocenters. The summed E-state index contributed by atoms with van der Waals surface area (Å²) in [5.41, 5.74) is 0. The number of rotatable bonds is 1. The molecule has 2 saturated heterocycles. The first kappa shape index (κ1) is 9.81. The average Bonchev–Trinajstić information content (AvgIpc) is 2.42. The smallest absolute Gasteiger partial charge is 0.320 e. The summed E-state index contributed by atoms with van der Waals surface area (Å²) < 4.78 is 0. The highest BCUT2D eigenvalue weighted by Gasteiger charge is 2.39. The number of nitrogens with zero attached hydrogens (tertiary/aromatic N) is 2. The van der Waals surface area contributed by atoms with Crippen LogP contribution in [0.1, 0.15) is 26.7 Å². The third kappa shape index (κ3) is 1.49. The average molecular weight is 196 g/mol. The minimum absolute atomic E-state index is 0.234. The topological polar surface area (TPSA) is 23.6 Å². The quantitative estimate of drug-likeness (QED) is 0.627. The molecule has 0 radical (unpaired) electrons. The maximum Gasteiger partial charge on any atom is 0.320 e. The first-order valence-corrected chi connectivity index (χ1v) is 5.61. The predicted octanol–water partition coefficient (Wildman–Crippen LogP) is 1.79. The number of hydrogen-bond acceptors (Lipinski definition) is 1. The van der Waals surface area contributed by atoms with Gasteiger partial charge in [-0.3, -0.25) is 0 Å². The zero-order valence-corrected chi connectivity index (χ0v) is 9.36. The molecule has 0 saturated carbocycles. The lowest BCUT2D eigenvalue weighted by atomic mass is 9.83. The maximum absolute atomic E-state index is 11.7. The third-order valence-electron chi connectivity index (χ3n) is 3.76. The van der Waals surface area contributed by atoms with Crippen molar-refractivity contribution in [1.82, 2.24) is 9.80 Å². The Morgan fingerprint density at radius 2 is 2.14 bits per heavy atom. The van der Waals surface area contributed by atoms with Gasteiger partial charge in [-0.1, -0.05) is 13.8 Å². The highest BCUT2D eigenvalue weighted by Crippen LogP contribution is 2.32. The molecule has 0 bridgehead atoms. The molecule has 2 aliphatic rings. The summed E-state index contributed by atoms with van der Waals surface area (Å²) >= 11 is 0. The van der Waals surface area contributed by atoms with Gasteiger partial charge in [0, 0.05) is 20.1 Å². The van der Waals surface area contributed by atoms with Crippen LogP contribution in [0.15, 0.2) is 0 Å². The van der Waals surface area contributed by atoms with Gasteiger partial charge in [0.1, 0.15) is 0 Å². The molecule has 0 spiro atoms. The molecule has 14 heavy (non-hydrogen) atoms. The highest BCUT2D eigenvalue weighted by molar-refractivity contribution is 5.77. The van der Waals surface area contributed by atoms with Crippen molar-refractivity contribution in [2.75, 3.05) is 20.1 Å². The van der Waals surface area contributed by atoms with E-state index in [1.54, 1.807) is 0 Å². The van der Waals surface area contributed by atoms with Gasteiger partial charge >= 0.3 is 6.03 Å². The Morgan fingerprint density at radius 3 is 2.79 bits per heavy atom. The molecule has 0 aromatic rings. The normalized spacial score (nSPS) is 32.7. The van der Waals surface area contributed by atoms with Crippen molar-refractivity contribution in [2.24, 2.45) is 11.8 Å². The molecule has 2 amide bonds. The predicted molar refractivity (Wildman–Crippen MR) is 56.1 cm³/mol. The van der Waals surface area contributed by atoms with E-state index in [0.29, 0.717) is 6.04 Å². The van der Waals surface area contributed by atoms with E-state index in [1.807, 2.05) is 11.9 Å². The second-order valence-corrected chi connectivity index (χ2v) is 5.04. The van der Waals surface area contributed by atoms with Gasteiger partial charge in [-0.05, 0) is 24.7 Å². The number of carbonyl (C=O) groups is 1. The van der Waals surface area contributed by atoms with Crippen LogP contribution in [0.5, 0.6) is 0 Å². The summed E-state index contributed by atoms with van der Waals surface area (Å²) in [5.74, 6) is 1.58. The van der Waals surface area contributed by atoms with Gasteiger partial charge in [0.05, 0.1) is 6.04 Å². The minimum Gasteiger partial charge on any atom is -0.326 e. The molecule has 0 aliphatic carbocycles. The fourth-order valence-electron chi connectivity index (χ4n) is 2.73. The SMILES string of the molecule is CC(C)C1CCN2C(=O)N(C)CC2C1. The molecular weight excluding hydrogens is 176 g/mol. The summed E-state index contributed by atoms with van der Waals surface area (Å²) in [6, 6.07) is 0.728. The molecular formula is C11H20N2O. The lowest BCUT2D eigenvalue weighted by molar-refractivity contribution is 0.141. The standard InChI is InChI=1S/C11H20N2O/c1-8(2)9-4-5-13-10(6-9)7-12(3)11(13)14/h8-10H,4-7H2,1-3H3. The summed E-state index contributed by atoms with van der Waals surface area (Å²) in [5, 5.41) is 0. The Morgan fingerprint density at radius 1 is 1.43 bits per heavy atom. The summed E-state index contributed by atoms with van der Waals surface area (Å²) in [6.45, 7) is 6.49. The van der Waals surface area contributed by atoms with E-state index in [4.69, 9.17) is 0 Å². The van der Waals surface area contributed by atoms with Crippen LogP contribution in [0.25, 0.3) is 0 Å². The molecule has 2 fully saturated rings. The van der Waals surface area contributed by atoms with Crippen LogP contribution in [0.2, 0.25) is 0 Å². The fraction of sp³-hybridized carbons (Fsp3) is 0.909.